The minimum absolute atomic E-state index is 0.0461. The van der Waals surface area contributed by atoms with Gasteiger partial charge in [0.15, 0.2) is 11.6 Å². The number of ether oxygens (including phenoxy) is 1. The van der Waals surface area contributed by atoms with Crippen LogP contribution < -0.4 is 10.2 Å². The summed E-state index contributed by atoms with van der Waals surface area (Å²) in [5.74, 6) is -0.991. The third-order valence-electron chi connectivity index (χ3n) is 6.06. The first-order chi connectivity index (χ1) is 16.0. The molecular formula is C22H22F2N6O3. The Hall–Kier alpha value is -3.63. The summed E-state index contributed by atoms with van der Waals surface area (Å²) in [6.07, 6.45) is 5.51. The molecule has 5 rings (SSSR count). The minimum atomic E-state index is -0.832. The maximum Gasteiger partial charge on any atom is 0.318 e. The van der Waals surface area contributed by atoms with Crippen LogP contribution >= 0.6 is 0 Å². The predicted molar refractivity (Wildman–Crippen MR) is 113 cm³/mol. The fourth-order valence-corrected chi connectivity index (χ4v) is 4.36. The van der Waals surface area contributed by atoms with Crippen LogP contribution in [0.25, 0.3) is 11.5 Å². The van der Waals surface area contributed by atoms with Crippen LogP contribution in [0.15, 0.2) is 28.9 Å². The number of halogens is 2. The molecule has 1 aromatic carbocycles. The quantitative estimate of drug-likeness (QED) is 0.561. The van der Waals surface area contributed by atoms with Gasteiger partial charge < -0.3 is 19.4 Å². The van der Waals surface area contributed by atoms with Crippen molar-refractivity contribution >= 4 is 17.9 Å². The smallest absolute Gasteiger partial charge is 0.318 e. The molecular weight excluding hydrogens is 434 g/mol. The van der Waals surface area contributed by atoms with E-state index < -0.39 is 11.6 Å². The number of hydrogen-bond acceptors (Lipinski definition) is 9. The van der Waals surface area contributed by atoms with Crippen molar-refractivity contribution in [3.8, 4) is 11.5 Å². The topological polar surface area (TPSA) is 106 Å². The van der Waals surface area contributed by atoms with Gasteiger partial charge in [0.1, 0.15) is 0 Å². The van der Waals surface area contributed by atoms with Gasteiger partial charge in [0.25, 0.3) is 5.89 Å². The summed E-state index contributed by atoms with van der Waals surface area (Å²) in [4.78, 5) is 22.1. The fraction of sp³-hybridized carbons (Fsp3) is 0.409. The predicted octanol–water partition coefficient (Wildman–Crippen LogP) is 2.77. The number of esters is 1. The summed E-state index contributed by atoms with van der Waals surface area (Å²) in [5, 5.41) is 11.4. The molecule has 3 heterocycles. The molecule has 1 N–H and O–H groups in total. The zero-order valence-corrected chi connectivity index (χ0v) is 17.9. The monoisotopic (exact) mass is 456 g/mol. The second-order valence-corrected chi connectivity index (χ2v) is 8.35. The van der Waals surface area contributed by atoms with E-state index in [0.29, 0.717) is 49.2 Å². The third kappa shape index (κ3) is 4.48. The fourth-order valence-electron chi connectivity index (χ4n) is 4.36. The van der Waals surface area contributed by atoms with Gasteiger partial charge in [-0.1, -0.05) is 5.10 Å². The van der Waals surface area contributed by atoms with Crippen molar-refractivity contribution in [1.29, 1.82) is 0 Å². The molecule has 11 heteroatoms. The Bertz CT molecular complexity index is 1140. The van der Waals surface area contributed by atoms with Gasteiger partial charge in [-0.05, 0) is 48.4 Å². The highest BCUT2D eigenvalue weighted by Crippen LogP contribution is 2.29. The molecule has 0 radical (unpaired) electrons. The second-order valence-electron chi connectivity index (χ2n) is 8.35. The Morgan fingerprint density at radius 3 is 2.55 bits per heavy atom. The number of hydrogen-bond donors (Lipinski definition) is 1. The van der Waals surface area contributed by atoms with Crippen LogP contribution in [-0.4, -0.2) is 52.4 Å². The first kappa shape index (κ1) is 21.2. The number of nitrogens with zero attached hydrogens (tertiary/aromatic N) is 5. The van der Waals surface area contributed by atoms with E-state index in [0.717, 1.165) is 24.1 Å². The maximum atomic E-state index is 13.5. The van der Waals surface area contributed by atoms with Crippen LogP contribution in [-0.2, 0) is 22.4 Å². The molecule has 1 fully saturated rings. The van der Waals surface area contributed by atoms with Crippen molar-refractivity contribution in [1.82, 2.24) is 20.2 Å². The summed E-state index contributed by atoms with van der Waals surface area (Å²) in [5.41, 5.74) is 2.15. The molecule has 172 valence electrons. The molecule has 2 aromatic heterocycles. The normalized spacial score (nSPS) is 17.9. The highest BCUT2D eigenvalue weighted by molar-refractivity contribution is 5.69. The summed E-state index contributed by atoms with van der Waals surface area (Å²) in [7, 11) is 1.39. The lowest BCUT2D eigenvalue weighted by Gasteiger charge is -2.12. The Morgan fingerprint density at radius 2 is 1.88 bits per heavy atom. The molecule has 1 aliphatic carbocycles. The summed E-state index contributed by atoms with van der Waals surface area (Å²) in [6, 6.07) is 2.85. The van der Waals surface area contributed by atoms with E-state index in [4.69, 9.17) is 9.15 Å². The van der Waals surface area contributed by atoms with E-state index >= 15 is 0 Å². The van der Waals surface area contributed by atoms with E-state index in [1.54, 1.807) is 12.4 Å². The van der Waals surface area contributed by atoms with Crippen molar-refractivity contribution in [2.45, 2.75) is 31.7 Å². The standard InChI is InChI=1S/C22H22F2N6O3/c1-32-19(31)4-12-2-3-30(11-12)22-29-28-20(33-22)15-9-25-21(26-10-15)27-16-5-13-7-17(23)18(24)8-14(13)6-16/h7-10,12,16H,2-6,11H2,1H3,(H,25,26,27). The Balaban J connectivity index is 1.19. The number of anilines is 2. The number of fused-ring (bicyclic) bond motifs is 1. The lowest BCUT2D eigenvalue weighted by Crippen LogP contribution is -2.21. The van der Waals surface area contributed by atoms with Gasteiger partial charge in [-0.15, -0.1) is 5.10 Å². The molecule has 0 saturated carbocycles. The number of nitrogens with one attached hydrogen (secondary N) is 1. The highest BCUT2D eigenvalue weighted by Gasteiger charge is 2.28. The average Bonchev–Trinajstić information content (AvgIpc) is 3.54. The van der Waals surface area contributed by atoms with Gasteiger partial charge in [-0.3, -0.25) is 4.79 Å². The van der Waals surface area contributed by atoms with E-state index in [1.165, 1.54) is 19.2 Å². The molecule has 1 aliphatic heterocycles. The minimum Gasteiger partial charge on any atom is -0.469 e. The maximum absolute atomic E-state index is 13.5. The number of carbonyl (C=O) groups excluding carboxylic acids is 1. The van der Waals surface area contributed by atoms with E-state index in [1.807, 2.05) is 4.90 Å². The number of methoxy groups -OCH3 is 1. The lowest BCUT2D eigenvalue weighted by molar-refractivity contribution is -0.141. The largest absolute Gasteiger partial charge is 0.469 e. The first-order valence-electron chi connectivity index (χ1n) is 10.7. The first-order valence-corrected chi connectivity index (χ1v) is 10.7. The molecule has 2 aliphatic rings. The van der Waals surface area contributed by atoms with Crippen LogP contribution in [0.1, 0.15) is 24.0 Å². The van der Waals surface area contributed by atoms with Crippen molar-refractivity contribution in [2.75, 3.05) is 30.4 Å². The Labute approximate surface area is 188 Å². The van der Waals surface area contributed by atoms with Crippen molar-refractivity contribution in [3.05, 3.63) is 47.3 Å². The Morgan fingerprint density at radius 1 is 1.18 bits per heavy atom. The van der Waals surface area contributed by atoms with E-state index in [2.05, 4.69) is 25.5 Å². The van der Waals surface area contributed by atoms with Crippen molar-refractivity contribution in [3.63, 3.8) is 0 Å². The van der Waals surface area contributed by atoms with Crippen LogP contribution in [0.2, 0.25) is 0 Å². The van der Waals surface area contributed by atoms with Crippen molar-refractivity contribution in [2.24, 2.45) is 5.92 Å². The molecule has 3 aromatic rings. The SMILES string of the molecule is COC(=O)CC1CCN(c2nnc(-c3cnc(NC4Cc5cc(F)c(F)cc5C4)nc3)o2)C1. The number of aromatic nitrogens is 4. The van der Waals surface area contributed by atoms with Crippen molar-refractivity contribution < 1.29 is 22.7 Å². The Kier molecular flexibility index (Phi) is 5.61. The average molecular weight is 456 g/mol. The van der Waals surface area contributed by atoms with E-state index in [9.17, 15) is 13.6 Å². The zero-order chi connectivity index (χ0) is 22.9. The van der Waals surface area contributed by atoms with Gasteiger partial charge >= 0.3 is 12.0 Å². The summed E-state index contributed by atoms with van der Waals surface area (Å²) in [6.45, 7) is 1.37. The van der Waals surface area contributed by atoms with Gasteiger partial charge in [-0.25, -0.2) is 18.7 Å². The molecule has 33 heavy (non-hydrogen) atoms. The molecule has 9 nitrogen and oxygen atoms in total. The molecule has 1 saturated heterocycles. The molecule has 1 unspecified atom stereocenters. The van der Waals surface area contributed by atoms with Gasteiger partial charge in [0.05, 0.1) is 19.1 Å². The third-order valence-corrected chi connectivity index (χ3v) is 6.06. The lowest BCUT2D eigenvalue weighted by atomic mass is 10.1. The number of benzene rings is 1. The number of rotatable bonds is 6. The molecule has 0 spiro atoms. The van der Waals surface area contributed by atoms with Gasteiger partial charge in [0, 0.05) is 31.5 Å². The van der Waals surface area contributed by atoms with Crippen LogP contribution in [0.5, 0.6) is 0 Å². The molecule has 0 amide bonds. The van der Waals surface area contributed by atoms with Crippen LogP contribution in [0.4, 0.5) is 20.7 Å². The summed E-state index contributed by atoms with van der Waals surface area (Å²) < 4.78 is 37.4. The summed E-state index contributed by atoms with van der Waals surface area (Å²) >= 11 is 0. The van der Waals surface area contributed by atoms with Crippen LogP contribution in [0.3, 0.4) is 0 Å². The van der Waals surface area contributed by atoms with Gasteiger partial charge in [-0.2, -0.15) is 0 Å². The highest BCUT2D eigenvalue weighted by atomic mass is 19.2. The second kappa shape index (κ2) is 8.72. The van der Waals surface area contributed by atoms with E-state index in [-0.39, 0.29) is 17.9 Å². The zero-order valence-electron chi connectivity index (χ0n) is 17.9. The number of carbonyl (C=O) groups is 1. The van der Waals surface area contributed by atoms with Gasteiger partial charge in [0.2, 0.25) is 5.95 Å². The van der Waals surface area contributed by atoms with Crippen LogP contribution in [0, 0.1) is 17.6 Å². The molecule has 0 bridgehead atoms. The molecule has 1 atom stereocenters.